The molecular formula is C29H28ClN7O8S2. The molecule has 47 heavy (non-hydrogen) atoms. The van der Waals surface area contributed by atoms with Crippen LogP contribution in [0.25, 0.3) is 22.3 Å². The van der Waals surface area contributed by atoms with E-state index in [2.05, 4.69) is 24.7 Å². The minimum absolute atomic E-state index is 0.0176. The number of nitrogens with one attached hydrogen (secondary N) is 1. The predicted molar refractivity (Wildman–Crippen MR) is 172 cm³/mol. The van der Waals surface area contributed by atoms with Gasteiger partial charge in [-0.15, -0.1) is 11.3 Å². The number of para-hydroxylation sites is 1. The van der Waals surface area contributed by atoms with Gasteiger partial charge in [0, 0.05) is 17.4 Å². The van der Waals surface area contributed by atoms with Gasteiger partial charge in [0.15, 0.2) is 17.7 Å². The fraction of sp³-hybridized carbons (Fsp3) is 0.276. The fourth-order valence-corrected chi connectivity index (χ4v) is 6.77. The van der Waals surface area contributed by atoms with Gasteiger partial charge in [-0.05, 0) is 28.8 Å². The number of benzene rings is 2. The standard InChI is InChI=1S/C29H28ClN7O8S2/c1-47(42,43)36-18-5-3-2-4-17(18)16-8-6-15(7-9-16)10-29(27(40)41,20-12-46-14-33-20)44-11-19-22(38)23(39)26(45-19)37-13-32-21-24(31)34-28(30)35-25(21)37/h2-9,12-14,19,22-23,26,36,38-39H,10-11H2,1H3,(H,40,41)(H2,31,34,35)/t19-,22-,23-,26-,29-/m1/s1. The molecule has 1 aliphatic heterocycles. The summed E-state index contributed by atoms with van der Waals surface area (Å²) in [5.74, 6) is -1.31. The van der Waals surface area contributed by atoms with E-state index < -0.39 is 52.7 Å². The van der Waals surface area contributed by atoms with Gasteiger partial charge < -0.3 is 30.5 Å². The van der Waals surface area contributed by atoms with Gasteiger partial charge in [-0.3, -0.25) is 9.29 Å². The number of aromatic nitrogens is 5. The Morgan fingerprint density at radius 3 is 2.57 bits per heavy atom. The molecule has 0 unspecified atom stereocenters. The molecule has 6 N–H and O–H groups in total. The molecule has 1 fully saturated rings. The molecule has 1 aliphatic rings. The summed E-state index contributed by atoms with van der Waals surface area (Å²) in [6.07, 6.45) is -3.08. The van der Waals surface area contributed by atoms with Crippen molar-refractivity contribution in [3.63, 3.8) is 0 Å². The summed E-state index contributed by atoms with van der Waals surface area (Å²) in [5.41, 5.74) is 8.18. The molecule has 0 bridgehead atoms. The first kappa shape index (κ1) is 32.7. The largest absolute Gasteiger partial charge is 0.479 e. The van der Waals surface area contributed by atoms with Gasteiger partial charge in [0.2, 0.25) is 20.9 Å². The Morgan fingerprint density at radius 1 is 1.15 bits per heavy atom. The Balaban J connectivity index is 1.25. The van der Waals surface area contributed by atoms with Crippen molar-refractivity contribution in [2.75, 3.05) is 23.3 Å². The number of carboxylic acids is 1. The number of imidazole rings is 1. The van der Waals surface area contributed by atoms with Crippen LogP contribution in [0.3, 0.4) is 0 Å². The molecule has 15 nitrogen and oxygen atoms in total. The van der Waals surface area contributed by atoms with Crippen LogP contribution in [-0.4, -0.2) is 85.4 Å². The lowest BCUT2D eigenvalue weighted by Crippen LogP contribution is -2.44. The van der Waals surface area contributed by atoms with E-state index in [9.17, 15) is 28.5 Å². The molecule has 1 saturated heterocycles. The molecule has 0 saturated carbocycles. The number of fused-ring (bicyclic) bond motifs is 1. The van der Waals surface area contributed by atoms with E-state index in [1.54, 1.807) is 53.9 Å². The summed E-state index contributed by atoms with van der Waals surface area (Å²) >= 11 is 7.15. The van der Waals surface area contributed by atoms with Gasteiger partial charge in [-0.1, -0.05) is 42.5 Å². The number of aliphatic carboxylic acids is 1. The number of ether oxygens (including phenoxy) is 2. The van der Waals surface area contributed by atoms with Crippen LogP contribution in [0, 0.1) is 0 Å². The lowest BCUT2D eigenvalue weighted by Gasteiger charge is -2.30. The molecule has 0 aliphatic carbocycles. The quantitative estimate of drug-likeness (QED) is 0.125. The number of anilines is 2. The third-order valence-corrected chi connectivity index (χ3v) is 9.00. The van der Waals surface area contributed by atoms with Crippen molar-refractivity contribution in [3.8, 4) is 11.1 Å². The van der Waals surface area contributed by atoms with Crippen LogP contribution in [0.1, 0.15) is 17.5 Å². The topological polar surface area (TPSA) is 225 Å². The zero-order valence-corrected chi connectivity index (χ0v) is 26.9. The number of nitrogen functional groups attached to an aromatic ring is 1. The lowest BCUT2D eigenvalue weighted by molar-refractivity contribution is -0.177. The average Bonchev–Trinajstić information content (AvgIpc) is 3.76. The smallest absolute Gasteiger partial charge is 0.342 e. The molecule has 0 spiro atoms. The first-order valence-corrected chi connectivity index (χ1v) is 17.2. The molecule has 3 aromatic heterocycles. The van der Waals surface area contributed by atoms with Crippen LogP contribution in [0.4, 0.5) is 11.5 Å². The third-order valence-electron chi connectivity index (χ3n) is 7.66. The number of hydrogen-bond donors (Lipinski definition) is 5. The van der Waals surface area contributed by atoms with E-state index in [1.807, 2.05) is 0 Å². The molecule has 0 amide bonds. The Hall–Kier alpha value is -4.23. The zero-order chi connectivity index (χ0) is 33.5. The number of nitrogens with zero attached hydrogens (tertiary/aromatic N) is 5. The number of aliphatic hydroxyl groups is 2. The summed E-state index contributed by atoms with van der Waals surface area (Å²) in [6.45, 7) is -0.439. The van der Waals surface area contributed by atoms with Crippen molar-refractivity contribution in [3.05, 3.63) is 82.3 Å². The minimum atomic E-state index is -3.53. The van der Waals surface area contributed by atoms with E-state index >= 15 is 0 Å². The maximum atomic E-state index is 13.0. The van der Waals surface area contributed by atoms with Crippen molar-refractivity contribution < 1.29 is 38.0 Å². The Kier molecular flexibility index (Phi) is 8.88. The van der Waals surface area contributed by atoms with E-state index in [0.717, 1.165) is 6.26 Å². The summed E-state index contributed by atoms with van der Waals surface area (Å²) < 4.78 is 39.7. The number of aliphatic hydroxyl groups excluding tert-OH is 2. The highest BCUT2D eigenvalue weighted by Gasteiger charge is 2.49. The highest BCUT2D eigenvalue weighted by atomic mass is 35.5. The lowest BCUT2D eigenvalue weighted by atomic mass is 9.90. The van der Waals surface area contributed by atoms with Crippen molar-refractivity contribution in [2.45, 2.75) is 36.6 Å². The third kappa shape index (κ3) is 6.51. The van der Waals surface area contributed by atoms with Crippen LogP contribution in [0.15, 0.2) is 65.7 Å². The van der Waals surface area contributed by atoms with E-state index in [4.69, 9.17) is 26.8 Å². The Bertz CT molecular complexity index is 2030. The predicted octanol–water partition coefficient (Wildman–Crippen LogP) is 2.42. The number of hydrogen-bond acceptors (Lipinski definition) is 13. The van der Waals surface area contributed by atoms with Gasteiger partial charge in [0.05, 0.1) is 36.1 Å². The molecule has 6 rings (SSSR count). The van der Waals surface area contributed by atoms with Gasteiger partial charge in [0.25, 0.3) is 0 Å². The zero-order valence-electron chi connectivity index (χ0n) is 24.5. The first-order chi connectivity index (χ1) is 22.4. The van der Waals surface area contributed by atoms with Gasteiger partial charge in [-0.25, -0.2) is 23.2 Å². The van der Waals surface area contributed by atoms with Gasteiger partial charge in [-0.2, -0.15) is 9.97 Å². The SMILES string of the molecule is CS(=O)(=O)Nc1ccccc1-c1ccc(C[C@](OC[C@H]2O[C@@H](n3cnc4c(N)nc(Cl)nc43)[C@H](O)[C@@H]2O)(C(=O)O)c2cscn2)cc1. The normalized spacial score (nSPS) is 21.1. The monoisotopic (exact) mass is 701 g/mol. The van der Waals surface area contributed by atoms with Gasteiger partial charge >= 0.3 is 5.97 Å². The van der Waals surface area contributed by atoms with Crippen LogP contribution in [0.2, 0.25) is 5.28 Å². The molecule has 5 aromatic rings. The van der Waals surface area contributed by atoms with Crippen LogP contribution >= 0.6 is 22.9 Å². The van der Waals surface area contributed by atoms with Crippen molar-refractivity contribution in [1.29, 1.82) is 0 Å². The van der Waals surface area contributed by atoms with Crippen molar-refractivity contribution >= 4 is 61.6 Å². The summed E-state index contributed by atoms with van der Waals surface area (Å²) in [4.78, 5) is 29.4. The summed E-state index contributed by atoms with van der Waals surface area (Å²) in [5, 5.41) is 33.8. The van der Waals surface area contributed by atoms with E-state index in [0.29, 0.717) is 22.4 Å². The molecule has 0 radical (unpaired) electrons. The van der Waals surface area contributed by atoms with Crippen LogP contribution < -0.4 is 10.5 Å². The fourth-order valence-electron chi connectivity index (χ4n) is 5.41. The summed E-state index contributed by atoms with van der Waals surface area (Å²) in [7, 11) is -3.53. The highest BCUT2D eigenvalue weighted by molar-refractivity contribution is 7.92. The van der Waals surface area contributed by atoms with E-state index in [1.165, 1.54) is 27.7 Å². The number of thiazole rings is 1. The molecule has 5 atom stereocenters. The molecule has 4 heterocycles. The minimum Gasteiger partial charge on any atom is -0.479 e. The number of carboxylic acid groups (broad SMARTS) is 1. The van der Waals surface area contributed by atoms with Crippen LogP contribution in [-0.2, 0) is 36.3 Å². The Morgan fingerprint density at radius 2 is 1.89 bits per heavy atom. The molecule has 18 heteroatoms. The second kappa shape index (κ2) is 12.8. The first-order valence-electron chi connectivity index (χ1n) is 14.0. The molecule has 246 valence electrons. The van der Waals surface area contributed by atoms with Gasteiger partial charge in [0.1, 0.15) is 23.8 Å². The second-order valence-corrected chi connectivity index (χ2v) is 13.7. The maximum absolute atomic E-state index is 13.0. The van der Waals surface area contributed by atoms with E-state index in [-0.39, 0.29) is 34.4 Å². The van der Waals surface area contributed by atoms with Crippen molar-refractivity contribution in [1.82, 2.24) is 24.5 Å². The highest BCUT2D eigenvalue weighted by Crippen LogP contribution is 2.37. The second-order valence-electron chi connectivity index (χ2n) is 10.9. The molecule has 2 aromatic carbocycles. The average molecular weight is 702 g/mol. The van der Waals surface area contributed by atoms with Crippen LogP contribution in [0.5, 0.6) is 0 Å². The maximum Gasteiger partial charge on any atom is 0.342 e. The number of sulfonamides is 1. The number of carbonyl (C=O) groups is 1. The van der Waals surface area contributed by atoms with Crippen molar-refractivity contribution in [2.24, 2.45) is 0 Å². The summed E-state index contributed by atoms with van der Waals surface area (Å²) in [6, 6.07) is 13.8. The molecular weight excluding hydrogens is 674 g/mol. The number of halogens is 1. The Labute approximate surface area is 276 Å². The number of rotatable bonds is 11. The number of nitrogens with two attached hydrogens (primary N) is 1.